The third-order valence-corrected chi connectivity index (χ3v) is 3.25. The molecule has 2 rings (SSSR count). The SMILES string of the molecule is CCOc1ccc(C(N)c2ccc(Br)o2)cc1OCC. The molecule has 4 nitrogen and oxygen atoms in total. The summed E-state index contributed by atoms with van der Waals surface area (Å²) in [6.07, 6.45) is 0. The number of nitrogens with two attached hydrogens (primary N) is 1. The molecule has 0 saturated carbocycles. The first kappa shape index (κ1) is 14.9. The van der Waals surface area contributed by atoms with Crippen LogP contribution in [0.5, 0.6) is 11.5 Å². The van der Waals surface area contributed by atoms with Gasteiger partial charge in [-0.15, -0.1) is 0 Å². The van der Waals surface area contributed by atoms with E-state index in [0.29, 0.717) is 29.4 Å². The summed E-state index contributed by atoms with van der Waals surface area (Å²) >= 11 is 3.28. The van der Waals surface area contributed by atoms with Gasteiger partial charge in [-0.2, -0.15) is 0 Å². The monoisotopic (exact) mass is 339 g/mol. The fourth-order valence-corrected chi connectivity index (χ4v) is 2.24. The van der Waals surface area contributed by atoms with E-state index in [2.05, 4.69) is 15.9 Å². The van der Waals surface area contributed by atoms with Crippen molar-refractivity contribution >= 4 is 15.9 Å². The Labute approximate surface area is 127 Å². The van der Waals surface area contributed by atoms with Gasteiger partial charge in [0.05, 0.1) is 19.3 Å². The Bertz CT molecular complexity index is 568. The second kappa shape index (κ2) is 6.81. The molecule has 108 valence electrons. The molecule has 0 bridgehead atoms. The molecule has 5 heteroatoms. The van der Waals surface area contributed by atoms with Crippen LogP contribution in [-0.4, -0.2) is 13.2 Å². The highest BCUT2D eigenvalue weighted by molar-refractivity contribution is 9.10. The smallest absolute Gasteiger partial charge is 0.169 e. The van der Waals surface area contributed by atoms with Crippen LogP contribution < -0.4 is 15.2 Å². The fraction of sp³-hybridized carbons (Fsp3) is 0.333. The maximum absolute atomic E-state index is 6.21. The predicted octanol–water partition coefficient (Wildman–Crippen LogP) is 3.89. The molecule has 1 atom stereocenters. The average Bonchev–Trinajstić information content (AvgIpc) is 2.87. The minimum Gasteiger partial charge on any atom is -0.490 e. The number of furan rings is 1. The number of hydrogen-bond donors (Lipinski definition) is 1. The molecule has 1 aromatic carbocycles. The Morgan fingerprint density at radius 2 is 1.80 bits per heavy atom. The van der Waals surface area contributed by atoms with E-state index >= 15 is 0 Å². The summed E-state index contributed by atoms with van der Waals surface area (Å²) in [6.45, 7) is 5.05. The second-order valence-electron chi connectivity index (χ2n) is 4.19. The molecule has 1 aromatic heterocycles. The topological polar surface area (TPSA) is 57.6 Å². The lowest BCUT2D eigenvalue weighted by Gasteiger charge is -2.15. The molecular weight excluding hydrogens is 322 g/mol. The Hall–Kier alpha value is -1.46. The number of rotatable bonds is 6. The van der Waals surface area contributed by atoms with Gasteiger partial charge in [-0.25, -0.2) is 0 Å². The molecule has 1 unspecified atom stereocenters. The van der Waals surface area contributed by atoms with Crippen LogP contribution in [0.4, 0.5) is 0 Å². The van der Waals surface area contributed by atoms with Crippen molar-refractivity contribution in [3.05, 3.63) is 46.3 Å². The third-order valence-electron chi connectivity index (χ3n) is 2.83. The normalized spacial score (nSPS) is 12.2. The number of halogens is 1. The first-order valence-electron chi connectivity index (χ1n) is 6.56. The first-order chi connectivity index (χ1) is 9.65. The van der Waals surface area contributed by atoms with E-state index in [1.807, 2.05) is 44.2 Å². The highest BCUT2D eigenvalue weighted by Gasteiger charge is 2.15. The van der Waals surface area contributed by atoms with Crippen LogP contribution in [0.2, 0.25) is 0 Å². The lowest BCUT2D eigenvalue weighted by Crippen LogP contribution is -2.11. The minimum absolute atomic E-state index is 0.337. The quantitative estimate of drug-likeness (QED) is 0.867. The van der Waals surface area contributed by atoms with Gasteiger partial charge in [-0.3, -0.25) is 0 Å². The first-order valence-corrected chi connectivity index (χ1v) is 7.35. The fourth-order valence-electron chi connectivity index (χ4n) is 1.92. The molecule has 0 amide bonds. The Balaban J connectivity index is 2.29. The van der Waals surface area contributed by atoms with E-state index in [9.17, 15) is 0 Å². The van der Waals surface area contributed by atoms with Gasteiger partial charge in [0.2, 0.25) is 0 Å². The van der Waals surface area contributed by atoms with Crippen molar-refractivity contribution < 1.29 is 13.9 Å². The van der Waals surface area contributed by atoms with E-state index in [0.717, 1.165) is 11.3 Å². The predicted molar refractivity (Wildman–Crippen MR) is 81.2 cm³/mol. The minimum atomic E-state index is -0.337. The highest BCUT2D eigenvalue weighted by atomic mass is 79.9. The summed E-state index contributed by atoms with van der Waals surface area (Å²) in [6, 6.07) is 9.04. The van der Waals surface area contributed by atoms with Gasteiger partial charge < -0.3 is 19.6 Å². The molecule has 0 spiro atoms. The van der Waals surface area contributed by atoms with Crippen LogP contribution in [0.3, 0.4) is 0 Å². The van der Waals surface area contributed by atoms with E-state index in [1.165, 1.54) is 0 Å². The number of benzene rings is 1. The van der Waals surface area contributed by atoms with Gasteiger partial charge in [0.15, 0.2) is 16.2 Å². The van der Waals surface area contributed by atoms with Gasteiger partial charge in [0.1, 0.15) is 5.76 Å². The van der Waals surface area contributed by atoms with Crippen LogP contribution in [-0.2, 0) is 0 Å². The molecule has 2 aromatic rings. The summed E-state index contributed by atoms with van der Waals surface area (Å²) in [5.41, 5.74) is 7.12. The largest absolute Gasteiger partial charge is 0.490 e. The van der Waals surface area contributed by atoms with Gasteiger partial charge in [0.25, 0.3) is 0 Å². The summed E-state index contributed by atoms with van der Waals surface area (Å²) in [5.74, 6) is 2.13. The molecular formula is C15H18BrNO3. The molecule has 0 radical (unpaired) electrons. The van der Waals surface area contributed by atoms with E-state index in [4.69, 9.17) is 19.6 Å². The zero-order valence-corrected chi connectivity index (χ0v) is 13.1. The third kappa shape index (κ3) is 3.35. The maximum atomic E-state index is 6.21. The maximum Gasteiger partial charge on any atom is 0.169 e. The van der Waals surface area contributed by atoms with E-state index in [-0.39, 0.29) is 6.04 Å². The Kier molecular flexibility index (Phi) is 5.09. The number of ether oxygens (including phenoxy) is 2. The van der Waals surface area contributed by atoms with E-state index < -0.39 is 0 Å². The van der Waals surface area contributed by atoms with Gasteiger partial charge in [-0.1, -0.05) is 6.07 Å². The summed E-state index contributed by atoms with van der Waals surface area (Å²) in [4.78, 5) is 0. The molecule has 0 fully saturated rings. The van der Waals surface area contributed by atoms with Crippen LogP contribution in [0, 0.1) is 0 Å². The lowest BCUT2D eigenvalue weighted by molar-refractivity contribution is 0.287. The highest BCUT2D eigenvalue weighted by Crippen LogP contribution is 2.32. The summed E-state index contributed by atoms with van der Waals surface area (Å²) in [7, 11) is 0. The van der Waals surface area contributed by atoms with Crippen molar-refractivity contribution in [2.75, 3.05) is 13.2 Å². The van der Waals surface area contributed by atoms with Gasteiger partial charge in [-0.05, 0) is 59.6 Å². The summed E-state index contributed by atoms with van der Waals surface area (Å²) in [5, 5.41) is 0. The molecule has 0 aliphatic heterocycles. The van der Waals surface area contributed by atoms with Crippen molar-refractivity contribution in [2.45, 2.75) is 19.9 Å². The van der Waals surface area contributed by atoms with Crippen LogP contribution in [0.25, 0.3) is 0 Å². The molecule has 0 aliphatic carbocycles. The van der Waals surface area contributed by atoms with Crippen molar-refractivity contribution in [1.82, 2.24) is 0 Å². The van der Waals surface area contributed by atoms with Crippen LogP contribution in [0.15, 0.2) is 39.4 Å². The molecule has 0 aliphatic rings. The summed E-state index contributed by atoms with van der Waals surface area (Å²) < 4.78 is 17.3. The number of hydrogen-bond acceptors (Lipinski definition) is 4. The van der Waals surface area contributed by atoms with Crippen LogP contribution in [0.1, 0.15) is 31.2 Å². The molecule has 0 saturated heterocycles. The van der Waals surface area contributed by atoms with Gasteiger partial charge >= 0.3 is 0 Å². The second-order valence-corrected chi connectivity index (χ2v) is 4.97. The van der Waals surface area contributed by atoms with Crippen molar-refractivity contribution in [3.8, 4) is 11.5 Å². The molecule has 2 N–H and O–H groups in total. The zero-order chi connectivity index (χ0) is 14.5. The van der Waals surface area contributed by atoms with E-state index in [1.54, 1.807) is 0 Å². The Morgan fingerprint density at radius 3 is 2.40 bits per heavy atom. The van der Waals surface area contributed by atoms with Gasteiger partial charge in [0, 0.05) is 0 Å². The average molecular weight is 340 g/mol. The van der Waals surface area contributed by atoms with Crippen molar-refractivity contribution in [1.29, 1.82) is 0 Å². The van der Waals surface area contributed by atoms with Crippen LogP contribution >= 0.6 is 15.9 Å². The van der Waals surface area contributed by atoms with Crippen molar-refractivity contribution in [3.63, 3.8) is 0 Å². The molecule has 20 heavy (non-hydrogen) atoms. The molecule has 1 heterocycles. The zero-order valence-electron chi connectivity index (χ0n) is 11.6. The Morgan fingerprint density at radius 1 is 1.10 bits per heavy atom. The lowest BCUT2D eigenvalue weighted by atomic mass is 10.0. The van der Waals surface area contributed by atoms with Crippen molar-refractivity contribution in [2.24, 2.45) is 5.73 Å². The standard InChI is InChI=1S/C15H18BrNO3/c1-3-18-11-6-5-10(9-13(11)19-4-2)15(17)12-7-8-14(16)20-12/h5-9,15H,3-4,17H2,1-2H3.